The van der Waals surface area contributed by atoms with Gasteiger partial charge >= 0.3 is 0 Å². The molecule has 0 unspecified atom stereocenters. The molecule has 1 aromatic heterocycles. The Labute approximate surface area is 184 Å². The number of benzene rings is 2. The molecule has 7 nitrogen and oxygen atoms in total. The maximum atomic E-state index is 13.2. The third-order valence-electron chi connectivity index (χ3n) is 4.67. The van der Waals surface area contributed by atoms with Gasteiger partial charge in [-0.25, -0.2) is 4.98 Å². The van der Waals surface area contributed by atoms with Crippen molar-refractivity contribution in [3.8, 4) is 12.1 Å². The Hall–Kier alpha value is -3.62. The maximum Gasteiger partial charge on any atom is 0.262 e. The number of thioether (sulfide) groups is 1. The molecule has 1 heterocycles. The van der Waals surface area contributed by atoms with Crippen LogP contribution in [0.25, 0.3) is 10.9 Å². The van der Waals surface area contributed by atoms with Crippen molar-refractivity contribution in [2.45, 2.75) is 24.5 Å². The van der Waals surface area contributed by atoms with E-state index in [9.17, 15) is 9.59 Å². The van der Waals surface area contributed by atoms with E-state index < -0.39 is 0 Å². The van der Waals surface area contributed by atoms with E-state index in [1.165, 1.54) is 16.7 Å². The number of hydrogen-bond acceptors (Lipinski definition) is 6. The van der Waals surface area contributed by atoms with Crippen LogP contribution in [-0.2, 0) is 11.3 Å². The summed E-state index contributed by atoms with van der Waals surface area (Å²) in [6.45, 7) is 0.902. The summed E-state index contributed by atoms with van der Waals surface area (Å²) in [5.74, 6) is -0.125. The fraction of sp³-hybridized carbons (Fsp3) is 0.261. The van der Waals surface area contributed by atoms with Gasteiger partial charge in [0.15, 0.2) is 5.16 Å². The van der Waals surface area contributed by atoms with Gasteiger partial charge in [0.25, 0.3) is 5.56 Å². The molecule has 3 rings (SSSR count). The lowest BCUT2D eigenvalue weighted by atomic mass is 10.2. The molecule has 1 amide bonds. The van der Waals surface area contributed by atoms with Crippen molar-refractivity contribution < 1.29 is 4.79 Å². The molecule has 0 bridgehead atoms. The molecule has 31 heavy (non-hydrogen) atoms. The van der Waals surface area contributed by atoms with Crippen molar-refractivity contribution in [1.29, 1.82) is 10.5 Å². The predicted molar refractivity (Wildman–Crippen MR) is 119 cm³/mol. The molecule has 156 valence electrons. The highest BCUT2D eigenvalue weighted by molar-refractivity contribution is 7.99. The molecule has 0 N–H and O–H groups in total. The fourth-order valence-corrected chi connectivity index (χ4v) is 4.01. The van der Waals surface area contributed by atoms with Gasteiger partial charge in [0.2, 0.25) is 5.91 Å². The summed E-state index contributed by atoms with van der Waals surface area (Å²) < 4.78 is 1.59. The van der Waals surface area contributed by atoms with Crippen molar-refractivity contribution in [2.24, 2.45) is 0 Å². The summed E-state index contributed by atoms with van der Waals surface area (Å²) in [5.41, 5.74) is 1.38. The van der Waals surface area contributed by atoms with Crippen LogP contribution in [0, 0.1) is 22.7 Å². The zero-order valence-corrected chi connectivity index (χ0v) is 17.7. The second-order valence-electron chi connectivity index (χ2n) is 6.77. The van der Waals surface area contributed by atoms with Gasteiger partial charge in [0.05, 0.1) is 48.2 Å². The lowest BCUT2D eigenvalue weighted by Crippen LogP contribution is -2.34. The van der Waals surface area contributed by atoms with Crippen LogP contribution in [0.15, 0.2) is 64.5 Å². The number of rotatable bonds is 9. The molecule has 0 aliphatic carbocycles. The number of fused-ring (bicyclic) bond motifs is 1. The van der Waals surface area contributed by atoms with Gasteiger partial charge in [0.1, 0.15) is 0 Å². The summed E-state index contributed by atoms with van der Waals surface area (Å²) in [4.78, 5) is 32.0. The summed E-state index contributed by atoms with van der Waals surface area (Å²) >= 11 is 1.19. The Kier molecular flexibility index (Phi) is 7.80. The summed E-state index contributed by atoms with van der Waals surface area (Å²) in [7, 11) is 0. The molecule has 0 saturated heterocycles. The highest BCUT2D eigenvalue weighted by Gasteiger charge is 2.17. The molecule has 0 atom stereocenters. The van der Waals surface area contributed by atoms with Gasteiger partial charge in [-0.3, -0.25) is 14.2 Å². The molecule has 3 aromatic rings. The second-order valence-corrected chi connectivity index (χ2v) is 7.72. The number of nitrogens with zero attached hydrogens (tertiary/aromatic N) is 5. The molecule has 0 spiro atoms. The van der Waals surface area contributed by atoms with Crippen LogP contribution in [0.5, 0.6) is 0 Å². The van der Waals surface area contributed by atoms with Crippen LogP contribution in [-0.4, -0.2) is 39.2 Å². The van der Waals surface area contributed by atoms with E-state index in [1.54, 1.807) is 22.8 Å². The van der Waals surface area contributed by atoms with Crippen molar-refractivity contribution in [3.05, 3.63) is 70.5 Å². The molecular formula is C23H21N5O2S. The molecule has 0 radical (unpaired) electrons. The quantitative estimate of drug-likeness (QED) is 0.381. The SMILES string of the molecule is N#CCCN(CCC#N)C(=O)CSc1nc2ccccc2c(=O)n1Cc1ccccc1. The van der Waals surface area contributed by atoms with Gasteiger partial charge < -0.3 is 4.90 Å². The lowest BCUT2D eigenvalue weighted by Gasteiger charge is -2.20. The number of nitriles is 2. The largest absolute Gasteiger partial charge is 0.340 e. The van der Waals surface area contributed by atoms with E-state index in [1.807, 2.05) is 48.5 Å². The number of para-hydroxylation sites is 1. The average Bonchev–Trinajstić information content (AvgIpc) is 2.80. The predicted octanol–water partition coefficient (Wildman–Crippen LogP) is 3.19. The third-order valence-corrected chi connectivity index (χ3v) is 5.64. The Morgan fingerprint density at radius 3 is 2.32 bits per heavy atom. The molecule has 2 aromatic carbocycles. The molecule has 0 aliphatic rings. The van der Waals surface area contributed by atoms with Crippen LogP contribution in [0.3, 0.4) is 0 Å². The van der Waals surface area contributed by atoms with Crippen molar-refractivity contribution >= 4 is 28.6 Å². The van der Waals surface area contributed by atoms with E-state index in [4.69, 9.17) is 10.5 Å². The minimum absolute atomic E-state index is 0.0659. The fourth-order valence-electron chi connectivity index (χ4n) is 3.11. The highest BCUT2D eigenvalue weighted by Crippen LogP contribution is 2.19. The van der Waals surface area contributed by atoms with Gasteiger partial charge in [0, 0.05) is 13.1 Å². The van der Waals surface area contributed by atoms with Gasteiger partial charge in [-0.1, -0.05) is 54.2 Å². The van der Waals surface area contributed by atoms with E-state index in [0.717, 1.165) is 5.56 Å². The Bertz CT molecular complexity index is 1180. The zero-order valence-electron chi connectivity index (χ0n) is 16.9. The molecule has 0 fully saturated rings. The first-order chi connectivity index (χ1) is 15.1. The smallest absolute Gasteiger partial charge is 0.262 e. The molecule has 8 heteroatoms. The zero-order chi connectivity index (χ0) is 22.1. The van der Waals surface area contributed by atoms with E-state index in [-0.39, 0.29) is 43.2 Å². The number of amides is 1. The van der Waals surface area contributed by atoms with Gasteiger partial charge in [-0.2, -0.15) is 10.5 Å². The van der Waals surface area contributed by atoms with Gasteiger partial charge in [-0.05, 0) is 17.7 Å². The summed E-state index contributed by atoms with van der Waals surface area (Å²) in [6.07, 6.45) is 0.406. The van der Waals surface area contributed by atoms with Crippen molar-refractivity contribution in [2.75, 3.05) is 18.8 Å². The molecule has 0 aliphatic heterocycles. The Morgan fingerprint density at radius 2 is 1.65 bits per heavy atom. The monoisotopic (exact) mass is 431 g/mol. The van der Waals surface area contributed by atoms with Crippen LogP contribution >= 0.6 is 11.8 Å². The van der Waals surface area contributed by atoms with Crippen LogP contribution in [0.4, 0.5) is 0 Å². The van der Waals surface area contributed by atoms with E-state index >= 15 is 0 Å². The number of aromatic nitrogens is 2. The topological polar surface area (TPSA) is 103 Å². The lowest BCUT2D eigenvalue weighted by molar-refractivity contribution is -0.128. The van der Waals surface area contributed by atoms with Crippen LogP contribution in [0.2, 0.25) is 0 Å². The average molecular weight is 432 g/mol. The molecular weight excluding hydrogens is 410 g/mol. The number of carbonyl (C=O) groups is 1. The highest BCUT2D eigenvalue weighted by atomic mass is 32.2. The first-order valence-electron chi connectivity index (χ1n) is 9.82. The van der Waals surface area contributed by atoms with Crippen LogP contribution in [0.1, 0.15) is 18.4 Å². The standard InChI is InChI=1S/C23H21N5O2S/c24-12-6-14-27(15-7-13-25)21(29)17-31-23-26-20-11-5-4-10-19(20)22(30)28(23)16-18-8-2-1-3-9-18/h1-5,8-11H,6-7,14-17H2. The first kappa shape index (κ1) is 22.1. The van der Waals surface area contributed by atoms with Crippen LogP contribution < -0.4 is 5.56 Å². The Morgan fingerprint density at radius 1 is 1.00 bits per heavy atom. The van der Waals surface area contributed by atoms with Crippen molar-refractivity contribution in [3.63, 3.8) is 0 Å². The molecule has 0 saturated carbocycles. The maximum absolute atomic E-state index is 13.2. The normalized spacial score (nSPS) is 10.4. The van der Waals surface area contributed by atoms with E-state index in [2.05, 4.69) is 4.98 Å². The minimum Gasteiger partial charge on any atom is -0.340 e. The summed E-state index contributed by atoms with van der Waals surface area (Å²) in [6, 6.07) is 20.8. The third kappa shape index (κ3) is 5.71. The van der Waals surface area contributed by atoms with E-state index in [0.29, 0.717) is 22.6 Å². The summed E-state index contributed by atoms with van der Waals surface area (Å²) in [5, 5.41) is 18.6. The Balaban J connectivity index is 1.88. The van der Waals surface area contributed by atoms with Crippen molar-refractivity contribution in [1.82, 2.24) is 14.5 Å². The van der Waals surface area contributed by atoms with Gasteiger partial charge in [-0.15, -0.1) is 0 Å². The number of carbonyl (C=O) groups excluding carboxylic acids is 1. The minimum atomic E-state index is -0.191. The second kappa shape index (κ2) is 11.0. The first-order valence-corrected chi connectivity index (χ1v) is 10.8. The number of hydrogen-bond donors (Lipinski definition) is 0.